The minimum absolute atomic E-state index is 0.165. The average Bonchev–Trinajstić information content (AvgIpc) is 2.43. The van der Waals surface area contributed by atoms with E-state index in [0.717, 1.165) is 13.1 Å². The highest BCUT2D eigenvalue weighted by molar-refractivity contribution is 5.17. The van der Waals surface area contributed by atoms with Gasteiger partial charge in [-0.05, 0) is 6.07 Å². The van der Waals surface area contributed by atoms with Gasteiger partial charge in [-0.15, -0.1) is 0 Å². The van der Waals surface area contributed by atoms with Crippen LogP contribution in [-0.4, -0.2) is 30.7 Å². The Labute approximate surface area is 107 Å². The van der Waals surface area contributed by atoms with Crippen LogP contribution < -0.4 is 0 Å². The lowest BCUT2D eigenvalue weighted by atomic mass is 9.92. The monoisotopic (exact) mass is 248 g/mol. The Hall–Kier alpha value is -1.44. The number of piperidine rings is 1. The van der Waals surface area contributed by atoms with Crippen molar-refractivity contribution in [2.24, 2.45) is 0 Å². The molecule has 0 saturated carbocycles. The number of benzene rings is 1. The van der Waals surface area contributed by atoms with E-state index in [0.29, 0.717) is 24.9 Å². The zero-order chi connectivity index (χ0) is 13.0. The molecule has 0 N–H and O–H groups in total. The van der Waals surface area contributed by atoms with Crippen molar-refractivity contribution in [3.8, 4) is 6.07 Å². The highest BCUT2D eigenvalue weighted by atomic mass is 19.1. The maximum Gasteiger partial charge on any atom is 0.156 e. The molecule has 0 atom stereocenters. The van der Waals surface area contributed by atoms with E-state index >= 15 is 0 Å². The Bertz CT molecular complexity index is 447. The maximum atomic E-state index is 13.5. The molecule has 4 heteroatoms. The van der Waals surface area contributed by atoms with Crippen LogP contribution in [0.5, 0.6) is 0 Å². The molecule has 1 aromatic rings. The Morgan fingerprint density at radius 1 is 1.39 bits per heavy atom. The zero-order valence-electron chi connectivity index (χ0n) is 10.5. The van der Waals surface area contributed by atoms with E-state index in [2.05, 4.69) is 11.0 Å². The van der Waals surface area contributed by atoms with E-state index < -0.39 is 5.60 Å². The van der Waals surface area contributed by atoms with Gasteiger partial charge in [0.05, 0.1) is 6.07 Å². The van der Waals surface area contributed by atoms with E-state index in [9.17, 15) is 4.39 Å². The molecule has 2 rings (SSSR count). The standard InChI is InChI=1S/C14H17FN2O/c1-18-14(11-16)6-8-17(9-7-14)10-12-4-2-3-5-13(12)15/h2-5H,6-10H2,1H3. The van der Waals surface area contributed by atoms with Crippen LogP contribution in [0.2, 0.25) is 0 Å². The molecule has 3 nitrogen and oxygen atoms in total. The highest BCUT2D eigenvalue weighted by Gasteiger charge is 2.34. The number of hydrogen-bond donors (Lipinski definition) is 0. The van der Waals surface area contributed by atoms with Crippen LogP contribution in [0, 0.1) is 17.1 Å². The summed E-state index contributed by atoms with van der Waals surface area (Å²) in [4.78, 5) is 2.16. The van der Waals surface area contributed by atoms with Crippen molar-refractivity contribution in [1.82, 2.24) is 4.90 Å². The van der Waals surface area contributed by atoms with Gasteiger partial charge in [-0.1, -0.05) is 18.2 Å². The van der Waals surface area contributed by atoms with E-state index in [4.69, 9.17) is 10.00 Å². The van der Waals surface area contributed by atoms with Gasteiger partial charge in [-0.25, -0.2) is 4.39 Å². The van der Waals surface area contributed by atoms with Gasteiger partial charge < -0.3 is 4.74 Å². The lowest BCUT2D eigenvalue weighted by Gasteiger charge is -2.36. The summed E-state index contributed by atoms with van der Waals surface area (Å²) in [5.74, 6) is -0.165. The third kappa shape index (κ3) is 2.69. The highest BCUT2D eigenvalue weighted by Crippen LogP contribution is 2.26. The molecule has 0 spiro atoms. The molecule has 1 fully saturated rings. The van der Waals surface area contributed by atoms with Crippen LogP contribution >= 0.6 is 0 Å². The van der Waals surface area contributed by atoms with Gasteiger partial charge in [0.2, 0.25) is 0 Å². The second-order valence-electron chi connectivity index (χ2n) is 4.68. The number of nitriles is 1. The summed E-state index contributed by atoms with van der Waals surface area (Å²) in [5.41, 5.74) is 0.0607. The van der Waals surface area contributed by atoms with Crippen molar-refractivity contribution in [3.05, 3.63) is 35.6 Å². The quantitative estimate of drug-likeness (QED) is 0.823. The normalized spacial score (nSPS) is 19.4. The van der Waals surface area contributed by atoms with Crippen LogP contribution in [0.3, 0.4) is 0 Å². The molecule has 1 aromatic carbocycles. The van der Waals surface area contributed by atoms with Gasteiger partial charge in [-0.2, -0.15) is 5.26 Å². The molecule has 0 radical (unpaired) electrons. The van der Waals surface area contributed by atoms with Crippen molar-refractivity contribution < 1.29 is 9.13 Å². The van der Waals surface area contributed by atoms with E-state index in [1.54, 1.807) is 19.2 Å². The predicted octanol–water partition coefficient (Wildman–Crippen LogP) is 2.33. The number of methoxy groups -OCH3 is 1. The topological polar surface area (TPSA) is 36.3 Å². The minimum Gasteiger partial charge on any atom is -0.363 e. The number of nitrogens with zero attached hydrogens (tertiary/aromatic N) is 2. The molecule has 1 aliphatic rings. The average molecular weight is 248 g/mol. The van der Waals surface area contributed by atoms with Crippen molar-refractivity contribution >= 4 is 0 Å². The second kappa shape index (κ2) is 5.47. The van der Waals surface area contributed by atoms with Crippen LogP contribution in [0.25, 0.3) is 0 Å². The number of ether oxygens (including phenoxy) is 1. The van der Waals surface area contributed by atoms with Gasteiger partial charge in [0.25, 0.3) is 0 Å². The van der Waals surface area contributed by atoms with E-state index in [1.165, 1.54) is 6.07 Å². The Morgan fingerprint density at radius 2 is 2.06 bits per heavy atom. The summed E-state index contributed by atoms with van der Waals surface area (Å²) in [6, 6.07) is 9.06. The summed E-state index contributed by atoms with van der Waals surface area (Å²) in [6.45, 7) is 2.11. The molecular weight excluding hydrogens is 231 g/mol. The van der Waals surface area contributed by atoms with Gasteiger partial charge in [-0.3, -0.25) is 4.90 Å². The summed E-state index contributed by atoms with van der Waals surface area (Å²) in [6.07, 6.45) is 1.35. The molecular formula is C14H17FN2O. The summed E-state index contributed by atoms with van der Waals surface area (Å²) in [7, 11) is 1.58. The van der Waals surface area contributed by atoms with Gasteiger partial charge in [0.15, 0.2) is 5.60 Å². The van der Waals surface area contributed by atoms with E-state index in [-0.39, 0.29) is 5.82 Å². The minimum atomic E-state index is -0.647. The van der Waals surface area contributed by atoms with Crippen LogP contribution in [-0.2, 0) is 11.3 Å². The fraction of sp³-hybridized carbons (Fsp3) is 0.500. The lowest BCUT2D eigenvalue weighted by molar-refractivity contribution is -0.0158. The molecule has 18 heavy (non-hydrogen) atoms. The Kier molecular flexibility index (Phi) is 3.95. The largest absolute Gasteiger partial charge is 0.363 e. The molecule has 0 unspecified atom stereocenters. The van der Waals surface area contributed by atoms with Crippen LogP contribution in [0.4, 0.5) is 4.39 Å². The number of likely N-dealkylation sites (tertiary alicyclic amines) is 1. The molecule has 1 heterocycles. The first-order valence-electron chi connectivity index (χ1n) is 6.11. The van der Waals surface area contributed by atoms with Crippen molar-refractivity contribution in [1.29, 1.82) is 5.26 Å². The van der Waals surface area contributed by atoms with Crippen molar-refractivity contribution in [3.63, 3.8) is 0 Å². The number of hydrogen-bond acceptors (Lipinski definition) is 3. The first-order valence-corrected chi connectivity index (χ1v) is 6.11. The van der Waals surface area contributed by atoms with Crippen molar-refractivity contribution in [2.45, 2.75) is 25.0 Å². The summed E-state index contributed by atoms with van der Waals surface area (Å²) < 4.78 is 18.8. The molecule has 1 aliphatic heterocycles. The molecule has 96 valence electrons. The number of rotatable bonds is 3. The number of halogens is 1. The molecule has 1 saturated heterocycles. The van der Waals surface area contributed by atoms with Gasteiger partial charge in [0.1, 0.15) is 5.82 Å². The Balaban J connectivity index is 1.96. The first-order chi connectivity index (χ1) is 8.69. The SMILES string of the molecule is COC1(C#N)CCN(Cc2ccccc2F)CC1. The lowest BCUT2D eigenvalue weighted by Crippen LogP contribution is -2.44. The van der Waals surface area contributed by atoms with E-state index in [1.807, 2.05) is 6.07 Å². The van der Waals surface area contributed by atoms with Crippen LogP contribution in [0.1, 0.15) is 18.4 Å². The summed E-state index contributed by atoms with van der Waals surface area (Å²) in [5, 5.41) is 9.11. The third-order valence-electron chi connectivity index (χ3n) is 3.61. The molecule has 0 aliphatic carbocycles. The van der Waals surface area contributed by atoms with Gasteiger partial charge >= 0.3 is 0 Å². The first kappa shape index (κ1) is 13.0. The fourth-order valence-corrected chi connectivity index (χ4v) is 2.30. The molecule has 0 aromatic heterocycles. The maximum absolute atomic E-state index is 13.5. The smallest absolute Gasteiger partial charge is 0.156 e. The van der Waals surface area contributed by atoms with Crippen LogP contribution in [0.15, 0.2) is 24.3 Å². The fourth-order valence-electron chi connectivity index (χ4n) is 2.30. The second-order valence-corrected chi connectivity index (χ2v) is 4.68. The zero-order valence-corrected chi connectivity index (χ0v) is 10.5. The third-order valence-corrected chi connectivity index (χ3v) is 3.61. The summed E-state index contributed by atoms with van der Waals surface area (Å²) >= 11 is 0. The Morgan fingerprint density at radius 3 is 2.61 bits per heavy atom. The van der Waals surface area contributed by atoms with Gasteiger partial charge in [0, 0.05) is 45.1 Å². The molecule has 0 bridgehead atoms. The predicted molar refractivity (Wildman–Crippen MR) is 66.3 cm³/mol. The molecule has 0 amide bonds. The van der Waals surface area contributed by atoms with Crippen molar-refractivity contribution in [2.75, 3.05) is 20.2 Å².